The number of carbonyl (C=O) groups excluding carboxylic acids is 1. The Bertz CT molecular complexity index is 1130. The molecule has 0 radical (unpaired) electrons. The van der Waals surface area contributed by atoms with Crippen molar-refractivity contribution in [3.63, 3.8) is 0 Å². The summed E-state index contributed by atoms with van der Waals surface area (Å²) >= 11 is 0. The Morgan fingerprint density at radius 3 is 2.47 bits per heavy atom. The molecule has 3 aromatic heterocycles. The van der Waals surface area contributed by atoms with Gasteiger partial charge >= 0.3 is 6.09 Å². The van der Waals surface area contributed by atoms with Gasteiger partial charge in [0.2, 0.25) is 0 Å². The summed E-state index contributed by atoms with van der Waals surface area (Å²) in [6.45, 7) is 8.10. The molecule has 0 atom stereocenters. The van der Waals surface area contributed by atoms with Gasteiger partial charge in [-0.2, -0.15) is 0 Å². The normalized spacial score (nSPS) is 14.0. The molecule has 1 N–H and O–H groups in total. The number of ether oxygens (including phenoxy) is 2. The lowest BCUT2D eigenvalue weighted by Gasteiger charge is -2.36. The van der Waals surface area contributed by atoms with Gasteiger partial charge in [0.15, 0.2) is 0 Å². The first kappa shape index (κ1) is 23.2. The highest BCUT2D eigenvalue weighted by Gasteiger charge is 2.26. The van der Waals surface area contributed by atoms with Crippen molar-refractivity contribution in [2.24, 2.45) is 0 Å². The van der Waals surface area contributed by atoms with Crippen molar-refractivity contribution in [1.82, 2.24) is 24.8 Å². The Morgan fingerprint density at radius 1 is 1.00 bits per heavy atom. The Hall–Kier alpha value is -3.95. The number of pyridine rings is 2. The molecule has 0 unspecified atom stereocenters. The largest absolute Gasteiger partial charge is 0.497 e. The fraction of sp³-hybridized carbons (Fsp3) is 0.375. The van der Waals surface area contributed by atoms with Gasteiger partial charge in [0, 0.05) is 62.5 Å². The minimum atomic E-state index is -0.505. The molecular formula is C24H29N7O3. The number of hydrogen-bond acceptors (Lipinski definition) is 9. The van der Waals surface area contributed by atoms with Crippen LogP contribution in [0.5, 0.6) is 5.75 Å². The zero-order valence-electron chi connectivity index (χ0n) is 19.9. The van der Waals surface area contributed by atoms with Crippen molar-refractivity contribution in [1.29, 1.82) is 0 Å². The summed E-state index contributed by atoms with van der Waals surface area (Å²) in [5, 5.41) is 3.16. The van der Waals surface area contributed by atoms with E-state index >= 15 is 0 Å². The molecule has 0 saturated carbocycles. The maximum absolute atomic E-state index is 12.4. The number of piperazine rings is 1. The molecular weight excluding hydrogens is 434 g/mol. The number of anilines is 3. The van der Waals surface area contributed by atoms with Gasteiger partial charge < -0.3 is 24.6 Å². The highest BCUT2D eigenvalue weighted by molar-refractivity contribution is 5.70. The Labute approximate surface area is 199 Å². The van der Waals surface area contributed by atoms with Gasteiger partial charge in [0.1, 0.15) is 28.8 Å². The van der Waals surface area contributed by atoms with E-state index in [0.717, 1.165) is 17.1 Å². The Morgan fingerprint density at radius 2 is 1.79 bits per heavy atom. The number of nitrogens with zero attached hydrogens (tertiary/aromatic N) is 6. The Kier molecular flexibility index (Phi) is 6.76. The summed E-state index contributed by atoms with van der Waals surface area (Å²) in [5.74, 6) is 2.68. The molecule has 34 heavy (non-hydrogen) atoms. The third-order valence-corrected chi connectivity index (χ3v) is 5.15. The van der Waals surface area contributed by atoms with Crippen molar-refractivity contribution in [2.75, 3.05) is 43.5 Å². The number of rotatable bonds is 5. The van der Waals surface area contributed by atoms with Crippen LogP contribution in [0.2, 0.25) is 0 Å². The standard InChI is InChI=1S/C24H29N7O3/c1-24(2,3)34-23(32)31-11-9-30(10-12-31)22-13-17(5-6-27-22)19-14-18(33-4)15-20(28-19)29-21-16-25-7-8-26-21/h5-8,13-16H,9-12H2,1-4H3,(H,26,28,29). The number of methoxy groups -OCH3 is 1. The van der Waals surface area contributed by atoms with E-state index in [1.165, 1.54) is 0 Å². The molecule has 1 saturated heterocycles. The van der Waals surface area contributed by atoms with E-state index in [4.69, 9.17) is 14.5 Å². The fourth-order valence-electron chi connectivity index (χ4n) is 3.53. The van der Waals surface area contributed by atoms with Gasteiger partial charge in [-0.1, -0.05) is 0 Å². The number of nitrogens with one attached hydrogen (secondary N) is 1. The average molecular weight is 464 g/mol. The molecule has 178 valence electrons. The number of amides is 1. The predicted octanol–water partition coefficient (Wildman–Crippen LogP) is 3.74. The zero-order valence-corrected chi connectivity index (χ0v) is 19.9. The van der Waals surface area contributed by atoms with Crippen LogP contribution >= 0.6 is 0 Å². The smallest absolute Gasteiger partial charge is 0.410 e. The first-order valence-corrected chi connectivity index (χ1v) is 11.1. The monoisotopic (exact) mass is 463 g/mol. The second-order valence-corrected chi connectivity index (χ2v) is 8.85. The van der Waals surface area contributed by atoms with Gasteiger partial charge in [0.25, 0.3) is 0 Å². The summed E-state index contributed by atoms with van der Waals surface area (Å²) in [6, 6.07) is 7.59. The van der Waals surface area contributed by atoms with Crippen LogP contribution in [0.3, 0.4) is 0 Å². The minimum absolute atomic E-state index is 0.280. The molecule has 3 aromatic rings. The van der Waals surface area contributed by atoms with Crippen LogP contribution in [0, 0.1) is 0 Å². The first-order valence-electron chi connectivity index (χ1n) is 11.1. The molecule has 1 amide bonds. The van der Waals surface area contributed by atoms with Crippen molar-refractivity contribution in [3.05, 3.63) is 49.1 Å². The molecule has 1 aliphatic heterocycles. The number of aromatic nitrogens is 4. The van der Waals surface area contributed by atoms with E-state index < -0.39 is 5.60 Å². The van der Waals surface area contributed by atoms with Crippen LogP contribution in [-0.4, -0.2) is 69.8 Å². The lowest BCUT2D eigenvalue weighted by Crippen LogP contribution is -2.50. The van der Waals surface area contributed by atoms with Crippen LogP contribution in [0.1, 0.15) is 20.8 Å². The fourth-order valence-corrected chi connectivity index (χ4v) is 3.53. The molecule has 10 nitrogen and oxygen atoms in total. The summed E-state index contributed by atoms with van der Waals surface area (Å²) in [7, 11) is 1.62. The maximum Gasteiger partial charge on any atom is 0.410 e. The number of carbonyl (C=O) groups is 1. The van der Waals surface area contributed by atoms with Gasteiger partial charge in [-0.25, -0.2) is 19.7 Å². The summed E-state index contributed by atoms with van der Waals surface area (Å²) in [6.07, 6.45) is 6.34. The summed E-state index contributed by atoms with van der Waals surface area (Å²) in [5.41, 5.74) is 1.14. The lowest BCUT2D eigenvalue weighted by molar-refractivity contribution is 0.0240. The van der Waals surface area contributed by atoms with Crippen LogP contribution in [0.15, 0.2) is 49.1 Å². The van der Waals surface area contributed by atoms with Crippen LogP contribution in [-0.2, 0) is 4.74 Å². The van der Waals surface area contributed by atoms with Crippen molar-refractivity contribution < 1.29 is 14.3 Å². The highest BCUT2D eigenvalue weighted by atomic mass is 16.6. The zero-order chi connectivity index (χ0) is 24.1. The Balaban J connectivity index is 1.49. The predicted molar refractivity (Wildman–Crippen MR) is 129 cm³/mol. The quantitative estimate of drug-likeness (QED) is 0.605. The van der Waals surface area contributed by atoms with Crippen LogP contribution < -0.4 is 15.0 Å². The molecule has 4 heterocycles. The van der Waals surface area contributed by atoms with Crippen molar-refractivity contribution in [2.45, 2.75) is 26.4 Å². The average Bonchev–Trinajstić information content (AvgIpc) is 2.83. The second kappa shape index (κ2) is 9.90. The molecule has 4 rings (SSSR count). The third kappa shape index (κ3) is 5.89. The van der Waals surface area contributed by atoms with E-state index in [2.05, 4.69) is 25.2 Å². The SMILES string of the molecule is COc1cc(Nc2cnccn2)nc(-c2ccnc(N3CCN(C(=O)OC(C)(C)C)CC3)c2)c1. The van der Waals surface area contributed by atoms with E-state index in [0.29, 0.717) is 43.6 Å². The van der Waals surface area contributed by atoms with Gasteiger partial charge in [-0.3, -0.25) is 4.98 Å². The number of hydrogen-bond donors (Lipinski definition) is 1. The third-order valence-electron chi connectivity index (χ3n) is 5.15. The van der Waals surface area contributed by atoms with Gasteiger partial charge in [0.05, 0.1) is 19.0 Å². The van der Waals surface area contributed by atoms with E-state index in [1.807, 2.05) is 39.0 Å². The van der Waals surface area contributed by atoms with E-state index in [1.54, 1.807) is 42.9 Å². The molecule has 1 aliphatic rings. The van der Waals surface area contributed by atoms with Crippen molar-refractivity contribution in [3.8, 4) is 17.0 Å². The van der Waals surface area contributed by atoms with Gasteiger partial charge in [-0.15, -0.1) is 0 Å². The first-order chi connectivity index (χ1) is 16.3. The van der Waals surface area contributed by atoms with Crippen molar-refractivity contribution >= 4 is 23.5 Å². The highest BCUT2D eigenvalue weighted by Crippen LogP contribution is 2.28. The van der Waals surface area contributed by atoms with Crippen LogP contribution in [0.25, 0.3) is 11.3 Å². The second-order valence-electron chi connectivity index (χ2n) is 8.85. The maximum atomic E-state index is 12.4. The lowest BCUT2D eigenvalue weighted by atomic mass is 10.1. The summed E-state index contributed by atoms with van der Waals surface area (Å²) in [4.78, 5) is 33.8. The molecule has 0 aliphatic carbocycles. The van der Waals surface area contributed by atoms with Gasteiger partial charge in [-0.05, 0) is 32.9 Å². The molecule has 10 heteroatoms. The van der Waals surface area contributed by atoms with E-state index in [9.17, 15) is 4.79 Å². The molecule has 0 bridgehead atoms. The molecule has 0 spiro atoms. The van der Waals surface area contributed by atoms with E-state index in [-0.39, 0.29) is 6.09 Å². The topological polar surface area (TPSA) is 106 Å². The summed E-state index contributed by atoms with van der Waals surface area (Å²) < 4.78 is 11.0. The van der Waals surface area contributed by atoms with Crippen LogP contribution in [0.4, 0.5) is 22.2 Å². The molecule has 1 fully saturated rings. The molecule has 0 aromatic carbocycles. The minimum Gasteiger partial charge on any atom is -0.497 e.